The molecule has 0 spiro atoms. The zero-order chi connectivity index (χ0) is 14.5. The van der Waals surface area contributed by atoms with E-state index in [1.54, 1.807) is 19.2 Å². The summed E-state index contributed by atoms with van der Waals surface area (Å²) in [4.78, 5) is 0. The zero-order valence-corrected chi connectivity index (χ0v) is 11.5. The minimum Gasteiger partial charge on any atom is -0.462 e. The largest absolute Gasteiger partial charge is 0.462 e. The van der Waals surface area contributed by atoms with Gasteiger partial charge in [0.25, 0.3) is 0 Å². The molecule has 2 aromatic rings. The average molecular weight is 281 g/mol. The van der Waals surface area contributed by atoms with E-state index in [0.717, 1.165) is 0 Å². The van der Waals surface area contributed by atoms with E-state index in [9.17, 15) is 8.78 Å². The van der Waals surface area contributed by atoms with E-state index >= 15 is 0 Å². The third kappa shape index (κ3) is 3.05. The maximum atomic E-state index is 13.9. The van der Waals surface area contributed by atoms with Gasteiger partial charge in [-0.1, -0.05) is 13.0 Å². The van der Waals surface area contributed by atoms with Crippen molar-refractivity contribution in [2.75, 3.05) is 13.7 Å². The number of hydrogen-bond donors (Lipinski definition) is 1. The maximum Gasteiger partial charge on any atom is 0.131 e. The second-order valence-corrected chi connectivity index (χ2v) is 4.36. The molecule has 0 aliphatic rings. The molecule has 20 heavy (non-hydrogen) atoms. The topological polar surface area (TPSA) is 34.4 Å². The van der Waals surface area contributed by atoms with Gasteiger partial charge in [0, 0.05) is 12.7 Å². The molecule has 1 atom stereocenters. The first-order valence-corrected chi connectivity index (χ1v) is 6.42. The van der Waals surface area contributed by atoms with Crippen molar-refractivity contribution in [1.29, 1.82) is 0 Å². The number of halogens is 2. The highest BCUT2D eigenvalue weighted by Gasteiger charge is 2.23. The molecule has 0 saturated carbocycles. The average Bonchev–Trinajstić information content (AvgIpc) is 2.86. The minimum absolute atomic E-state index is 0.0346. The highest BCUT2D eigenvalue weighted by molar-refractivity contribution is 5.30. The molecule has 1 aromatic heterocycles. The second-order valence-electron chi connectivity index (χ2n) is 4.36. The molecule has 1 unspecified atom stereocenters. The lowest BCUT2D eigenvalue weighted by Gasteiger charge is -2.17. The smallest absolute Gasteiger partial charge is 0.131 e. The first-order valence-electron chi connectivity index (χ1n) is 6.42. The highest BCUT2D eigenvalue weighted by Crippen LogP contribution is 2.28. The summed E-state index contributed by atoms with van der Waals surface area (Å²) in [7, 11) is 1.56. The van der Waals surface area contributed by atoms with E-state index in [2.05, 4.69) is 5.32 Å². The molecule has 2 rings (SSSR count). The monoisotopic (exact) mass is 281 g/mol. The van der Waals surface area contributed by atoms with Crippen molar-refractivity contribution in [3.05, 3.63) is 59.1 Å². The minimum atomic E-state index is -0.660. The molecule has 0 saturated heterocycles. The molecule has 5 heteroatoms. The van der Waals surface area contributed by atoms with E-state index in [0.29, 0.717) is 24.7 Å². The van der Waals surface area contributed by atoms with Crippen molar-refractivity contribution in [2.24, 2.45) is 0 Å². The molecule has 0 fully saturated rings. The maximum absolute atomic E-state index is 13.9. The van der Waals surface area contributed by atoms with Gasteiger partial charge in [0.1, 0.15) is 29.8 Å². The Bertz CT molecular complexity index is 549. The summed E-state index contributed by atoms with van der Waals surface area (Å²) in [5.74, 6) is -0.119. The molecular formula is C15H17F2NO2. The Morgan fingerprint density at radius 2 is 1.90 bits per heavy atom. The van der Waals surface area contributed by atoms with E-state index < -0.39 is 17.7 Å². The Balaban J connectivity index is 2.39. The van der Waals surface area contributed by atoms with Crippen molar-refractivity contribution in [2.45, 2.75) is 19.6 Å². The van der Waals surface area contributed by atoms with Crippen LogP contribution in [0.4, 0.5) is 8.78 Å². The highest BCUT2D eigenvalue weighted by atomic mass is 19.1. The van der Waals surface area contributed by atoms with Gasteiger partial charge in [-0.25, -0.2) is 8.78 Å². The standard InChI is InChI=1S/C15H17F2NO2/c1-3-18-15(13-8-7-10(20-13)9-19-2)14-11(16)5-4-6-12(14)17/h4-8,15,18H,3,9H2,1-2H3. The third-order valence-electron chi connectivity index (χ3n) is 2.95. The zero-order valence-electron chi connectivity index (χ0n) is 11.5. The number of nitrogens with one attached hydrogen (secondary N) is 1. The summed E-state index contributed by atoms with van der Waals surface area (Å²) in [6, 6.07) is 6.60. The van der Waals surface area contributed by atoms with Crippen LogP contribution in [-0.2, 0) is 11.3 Å². The van der Waals surface area contributed by atoms with E-state index in [1.165, 1.54) is 18.2 Å². The lowest BCUT2D eigenvalue weighted by atomic mass is 10.0. The number of benzene rings is 1. The van der Waals surface area contributed by atoms with Gasteiger partial charge in [-0.05, 0) is 30.8 Å². The third-order valence-corrected chi connectivity index (χ3v) is 2.95. The Hall–Kier alpha value is -1.72. The van der Waals surface area contributed by atoms with Crippen LogP contribution in [0.2, 0.25) is 0 Å². The summed E-state index contributed by atoms with van der Waals surface area (Å²) >= 11 is 0. The molecular weight excluding hydrogens is 264 g/mol. The summed E-state index contributed by atoms with van der Waals surface area (Å²) < 4.78 is 38.4. The summed E-state index contributed by atoms with van der Waals surface area (Å²) in [5.41, 5.74) is -0.0346. The van der Waals surface area contributed by atoms with Crippen LogP contribution in [0.3, 0.4) is 0 Å². The fraction of sp³-hybridized carbons (Fsp3) is 0.333. The molecule has 108 valence electrons. The van der Waals surface area contributed by atoms with Gasteiger partial charge >= 0.3 is 0 Å². The van der Waals surface area contributed by atoms with Gasteiger partial charge in [-0.2, -0.15) is 0 Å². The summed E-state index contributed by atoms with van der Waals surface area (Å²) in [5, 5.41) is 3.04. The Kier molecular flexibility index (Phi) is 4.87. The molecule has 0 aliphatic heterocycles. The fourth-order valence-corrected chi connectivity index (χ4v) is 2.11. The molecule has 0 radical (unpaired) electrons. The van der Waals surface area contributed by atoms with Gasteiger partial charge in [-0.3, -0.25) is 0 Å². The predicted molar refractivity (Wildman–Crippen MR) is 71.3 cm³/mol. The molecule has 0 aliphatic carbocycles. The Morgan fingerprint density at radius 1 is 1.20 bits per heavy atom. The Labute approximate surface area is 116 Å². The molecule has 3 nitrogen and oxygen atoms in total. The number of methoxy groups -OCH3 is 1. The van der Waals surface area contributed by atoms with E-state index in [-0.39, 0.29) is 5.56 Å². The SMILES string of the molecule is CCNC(c1ccc(COC)o1)c1c(F)cccc1F. The van der Waals surface area contributed by atoms with Crippen LogP contribution < -0.4 is 5.32 Å². The number of rotatable bonds is 6. The number of ether oxygens (including phenoxy) is 1. The quantitative estimate of drug-likeness (QED) is 0.881. The van der Waals surface area contributed by atoms with Crippen molar-refractivity contribution in [3.63, 3.8) is 0 Å². The van der Waals surface area contributed by atoms with Crippen LogP contribution in [0.1, 0.15) is 30.0 Å². The molecule has 0 amide bonds. The first kappa shape index (κ1) is 14.7. The van der Waals surface area contributed by atoms with Crippen LogP contribution in [0.15, 0.2) is 34.7 Å². The molecule has 1 aromatic carbocycles. The lowest BCUT2D eigenvalue weighted by molar-refractivity contribution is 0.162. The number of furan rings is 1. The van der Waals surface area contributed by atoms with Gasteiger partial charge in [-0.15, -0.1) is 0 Å². The van der Waals surface area contributed by atoms with Crippen LogP contribution >= 0.6 is 0 Å². The van der Waals surface area contributed by atoms with Gasteiger partial charge in [0.15, 0.2) is 0 Å². The van der Waals surface area contributed by atoms with E-state index in [1.807, 2.05) is 6.92 Å². The van der Waals surface area contributed by atoms with Crippen molar-refractivity contribution in [3.8, 4) is 0 Å². The van der Waals surface area contributed by atoms with Gasteiger partial charge in [0.05, 0.1) is 6.04 Å². The molecule has 0 bridgehead atoms. The summed E-state index contributed by atoms with van der Waals surface area (Å²) in [6.07, 6.45) is 0. The summed E-state index contributed by atoms with van der Waals surface area (Å²) in [6.45, 7) is 2.74. The fourth-order valence-electron chi connectivity index (χ4n) is 2.11. The molecule has 1 heterocycles. The van der Waals surface area contributed by atoms with Gasteiger partial charge < -0.3 is 14.5 Å². The first-order chi connectivity index (χ1) is 9.67. The number of hydrogen-bond acceptors (Lipinski definition) is 3. The van der Waals surface area contributed by atoms with Crippen LogP contribution in [-0.4, -0.2) is 13.7 Å². The second kappa shape index (κ2) is 6.63. The van der Waals surface area contributed by atoms with Crippen LogP contribution in [0, 0.1) is 11.6 Å². The van der Waals surface area contributed by atoms with Crippen molar-refractivity contribution >= 4 is 0 Å². The lowest BCUT2D eigenvalue weighted by Crippen LogP contribution is -2.23. The normalized spacial score (nSPS) is 12.6. The van der Waals surface area contributed by atoms with Crippen LogP contribution in [0.25, 0.3) is 0 Å². The van der Waals surface area contributed by atoms with Crippen LogP contribution in [0.5, 0.6) is 0 Å². The van der Waals surface area contributed by atoms with E-state index in [4.69, 9.17) is 9.15 Å². The molecule has 1 N–H and O–H groups in total. The Morgan fingerprint density at radius 3 is 2.50 bits per heavy atom. The van der Waals surface area contributed by atoms with Gasteiger partial charge in [0.2, 0.25) is 0 Å². The van der Waals surface area contributed by atoms with Crippen molar-refractivity contribution in [1.82, 2.24) is 5.32 Å². The predicted octanol–water partition coefficient (Wildman–Crippen LogP) is 3.40. The van der Waals surface area contributed by atoms with Crippen molar-refractivity contribution < 1.29 is 17.9 Å².